The molecule has 0 unspecified atom stereocenters. The van der Waals surface area contributed by atoms with Gasteiger partial charge in [-0.25, -0.2) is 4.98 Å². The smallest absolute Gasteiger partial charge is 0.227 e. The number of aliphatic hydroxyl groups excluding tert-OH is 1. The minimum Gasteiger partial charge on any atom is -0.391 e. The van der Waals surface area contributed by atoms with Crippen LogP contribution in [0, 0.1) is 18.8 Å². The lowest BCUT2D eigenvalue weighted by Crippen LogP contribution is -2.35. The second-order valence-corrected chi connectivity index (χ2v) is 8.82. The van der Waals surface area contributed by atoms with Crippen LogP contribution in [0.3, 0.4) is 0 Å². The van der Waals surface area contributed by atoms with Gasteiger partial charge in [-0.2, -0.15) is 4.98 Å². The summed E-state index contributed by atoms with van der Waals surface area (Å²) in [5.41, 5.74) is 2.05. The predicted molar refractivity (Wildman–Crippen MR) is 113 cm³/mol. The predicted octanol–water partition coefficient (Wildman–Crippen LogP) is 2.64. The van der Waals surface area contributed by atoms with E-state index in [2.05, 4.69) is 15.1 Å². The first kappa shape index (κ1) is 19.9. The summed E-state index contributed by atoms with van der Waals surface area (Å²) in [6.07, 6.45) is 7.39. The molecule has 2 fully saturated rings. The molecule has 1 aromatic carbocycles. The molecule has 5 rings (SSSR count). The molecule has 3 aromatic rings. The lowest BCUT2D eigenvalue weighted by atomic mass is 9.77. The second kappa shape index (κ2) is 8.26. The minimum absolute atomic E-state index is 0.0391. The number of aliphatic hydroxyl groups is 1. The lowest BCUT2D eigenvalue weighted by Gasteiger charge is -2.35. The van der Waals surface area contributed by atoms with Gasteiger partial charge in [0.05, 0.1) is 18.5 Å². The maximum Gasteiger partial charge on any atom is 0.227 e. The molecule has 8 heteroatoms. The standard InChI is InChI=1S/C23H27N5O3/c1-15-3-2-4-16(9-15)23-25-21(31-26-23)5-6-22(30)28-12-17-10-19(27-8-7-24-14-27)20(29)11-18(17)13-28/h2-4,7-9,14,17-20,29H,5-6,10-13H2,1H3/t17-,18+,19-,20-/m1/s1. The van der Waals surface area contributed by atoms with E-state index in [1.54, 1.807) is 12.5 Å². The van der Waals surface area contributed by atoms with Crippen LogP contribution in [0.4, 0.5) is 0 Å². The third-order valence-corrected chi connectivity index (χ3v) is 6.67. The van der Waals surface area contributed by atoms with Crippen molar-refractivity contribution in [3.05, 3.63) is 54.4 Å². The SMILES string of the molecule is Cc1cccc(-c2noc(CCC(=O)N3C[C@H]4C[C@@H](n5ccnc5)[C@H](O)C[C@H]4C3)n2)c1. The Morgan fingerprint density at radius 3 is 2.87 bits per heavy atom. The monoisotopic (exact) mass is 421 g/mol. The van der Waals surface area contributed by atoms with Crippen LogP contribution in [-0.2, 0) is 11.2 Å². The number of fused-ring (bicyclic) bond motifs is 1. The van der Waals surface area contributed by atoms with Crippen molar-refractivity contribution in [3.8, 4) is 11.4 Å². The van der Waals surface area contributed by atoms with E-state index < -0.39 is 6.10 Å². The number of amides is 1. The van der Waals surface area contributed by atoms with E-state index >= 15 is 0 Å². The zero-order valence-corrected chi connectivity index (χ0v) is 17.6. The quantitative estimate of drug-likeness (QED) is 0.680. The number of likely N-dealkylation sites (tertiary alicyclic amines) is 1. The molecule has 1 aliphatic heterocycles. The van der Waals surface area contributed by atoms with E-state index in [-0.39, 0.29) is 11.9 Å². The summed E-state index contributed by atoms with van der Waals surface area (Å²) < 4.78 is 7.36. The molecule has 0 radical (unpaired) electrons. The molecule has 0 spiro atoms. The number of aromatic nitrogens is 4. The van der Waals surface area contributed by atoms with Crippen LogP contribution in [0.2, 0.25) is 0 Å². The van der Waals surface area contributed by atoms with Crippen LogP contribution >= 0.6 is 0 Å². The van der Waals surface area contributed by atoms with Crippen molar-refractivity contribution in [1.82, 2.24) is 24.6 Å². The zero-order chi connectivity index (χ0) is 21.4. The van der Waals surface area contributed by atoms with Gasteiger partial charge in [0.1, 0.15) is 0 Å². The van der Waals surface area contributed by atoms with Crippen molar-refractivity contribution in [2.24, 2.45) is 11.8 Å². The molecule has 2 aromatic heterocycles. The number of aryl methyl sites for hydroxylation is 2. The van der Waals surface area contributed by atoms with E-state index in [1.807, 2.05) is 46.9 Å². The Labute approximate surface area is 180 Å². The average Bonchev–Trinajstić information content (AvgIpc) is 3.51. The van der Waals surface area contributed by atoms with E-state index in [9.17, 15) is 9.90 Å². The summed E-state index contributed by atoms with van der Waals surface area (Å²) >= 11 is 0. The average molecular weight is 422 g/mol. The van der Waals surface area contributed by atoms with E-state index in [0.717, 1.165) is 37.1 Å². The molecule has 0 bridgehead atoms. The van der Waals surface area contributed by atoms with Crippen LogP contribution in [0.5, 0.6) is 0 Å². The Bertz CT molecular complexity index is 1050. The fraction of sp³-hybridized carbons (Fsp3) is 0.478. The van der Waals surface area contributed by atoms with Crippen LogP contribution < -0.4 is 0 Å². The Balaban J connectivity index is 1.17. The third kappa shape index (κ3) is 4.12. The third-order valence-electron chi connectivity index (χ3n) is 6.67. The van der Waals surface area contributed by atoms with Gasteiger partial charge in [-0.05, 0) is 37.7 Å². The number of carbonyl (C=O) groups excluding carboxylic acids is 1. The first-order valence-corrected chi connectivity index (χ1v) is 10.9. The van der Waals surface area contributed by atoms with Crippen molar-refractivity contribution in [2.75, 3.05) is 13.1 Å². The first-order valence-electron chi connectivity index (χ1n) is 10.9. The molecule has 1 saturated heterocycles. The molecule has 1 N–H and O–H groups in total. The van der Waals surface area contributed by atoms with Crippen molar-refractivity contribution >= 4 is 5.91 Å². The molecule has 1 amide bonds. The van der Waals surface area contributed by atoms with Crippen LogP contribution in [0.1, 0.15) is 36.8 Å². The fourth-order valence-corrected chi connectivity index (χ4v) is 5.03. The van der Waals surface area contributed by atoms with E-state index in [4.69, 9.17) is 4.52 Å². The van der Waals surface area contributed by atoms with Gasteiger partial charge in [-0.15, -0.1) is 0 Å². The normalized spacial score (nSPS) is 25.5. The number of imidazole rings is 1. The number of hydrogen-bond acceptors (Lipinski definition) is 6. The largest absolute Gasteiger partial charge is 0.391 e. The molecule has 8 nitrogen and oxygen atoms in total. The molecule has 31 heavy (non-hydrogen) atoms. The number of hydrogen-bond donors (Lipinski definition) is 1. The summed E-state index contributed by atoms with van der Waals surface area (Å²) in [6, 6.07) is 7.98. The first-order chi connectivity index (χ1) is 15.1. The highest BCUT2D eigenvalue weighted by Crippen LogP contribution is 2.41. The number of carbonyl (C=O) groups is 1. The minimum atomic E-state index is -0.399. The molecule has 4 atom stereocenters. The Kier molecular flexibility index (Phi) is 5.31. The Morgan fingerprint density at radius 1 is 1.26 bits per heavy atom. The van der Waals surface area contributed by atoms with Crippen LogP contribution in [-0.4, -0.2) is 54.8 Å². The summed E-state index contributed by atoms with van der Waals surface area (Å²) in [6.45, 7) is 3.49. The van der Waals surface area contributed by atoms with Crippen molar-refractivity contribution in [3.63, 3.8) is 0 Å². The Morgan fingerprint density at radius 2 is 2.10 bits per heavy atom. The Hall–Kier alpha value is -3.00. The van der Waals surface area contributed by atoms with Gasteiger partial charge in [0.2, 0.25) is 17.6 Å². The van der Waals surface area contributed by atoms with Gasteiger partial charge in [-0.3, -0.25) is 4.79 Å². The highest BCUT2D eigenvalue weighted by Gasteiger charge is 2.43. The van der Waals surface area contributed by atoms with Crippen LogP contribution in [0.25, 0.3) is 11.4 Å². The zero-order valence-electron chi connectivity index (χ0n) is 17.6. The number of benzene rings is 1. The van der Waals surface area contributed by atoms with Gasteiger partial charge in [0.15, 0.2) is 0 Å². The molecule has 2 aliphatic rings. The highest BCUT2D eigenvalue weighted by atomic mass is 16.5. The summed E-state index contributed by atoms with van der Waals surface area (Å²) in [7, 11) is 0. The van der Waals surface area contributed by atoms with Crippen LogP contribution in [0.15, 0.2) is 47.5 Å². The van der Waals surface area contributed by atoms with Crippen molar-refractivity contribution < 1.29 is 14.4 Å². The molecule has 3 heterocycles. The van der Waals surface area contributed by atoms with Crippen molar-refractivity contribution in [1.29, 1.82) is 0 Å². The number of rotatable bonds is 5. The maximum absolute atomic E-state index is 12.8. The van der Waals surface area contributed by atoms with E-state index in [0.29, 0.717) is 36.4 Å². The summed E-state index contributed by atoms with van der Waals surface area (Å²) in [4.78, 5) is 23.3. The van der Waals surface area contributed by atoms with Gasteiger partial charge >= 0.3 is 0 Å². The number of nitrogens with zero attached hydrogens (tertiary/aromatic N) is 5. The molecule has 1 aliphatic carbocycles. The van der Waals surface area contributed by atoms with Gasteiger partial charge in [-0.1, -0.05) is 28.9 Å². The molecular formula is C23H27N5O3. The molecule has 1 saturated carbocycles. The van der Waals surface area contributed by atoms with Gasteiger partial charge in [0, 0.05) is 43.9 Å². The van der Waals surface area contributed by atoms with Crippen molar-refractivity contribution in [2.45, 2.75) is 44.8 Å². The molecule has 162 valence electrons. The van der Waals surface area contributed by atoms with Gasteiger partial charge in [0.25, 0.3) is 0 Å². The topological polar surface area (TPSA) is 97.3 Å². The maximum atomic E-state index is 12.8. The molecular weight excluding hydrogens is 394 g/mol. The summed E-state index contributed by atoms with van der Waals surface area (Å²) in [5, 5.41) is 14.7. The van der Waals surface area contributed by atoms with Gasteiger partial charge < -0.3 is 19.1 Å². The highest BCUT2D eigenvalue weighted by molar-refractivity contribution is 5.76. The van der Waals surface area contributed by atoms with E-state index in [1.165, 1.54) is 0 Å². The summed E-state index contributed by atoms with van der Waals surface area (Å²) in [5.74, 6) is 1.92. The fourth-order valence-electron chi connectivity index (χ4n) is 5.03. The second-order valence-electron chi connectivity index (χ2n) is 8.82. The lowest BCUT2D eigenvalue weighted by molar-refractivity contribution is -0.130.